The van der Waals surface area contributed by atoms with E-state index in [1.54, 1.807) is 12.1 Å². The van der Waals surface area contributed by atoms with Crippen LogP contribution in [0.25, 0.3) is 11.5 Å². The molecule has 0 atom stereocenters. The van der Waals surface area contributed by atoms with Gasteiger partial charge < -0.3 is 9.73 Å². The number of benzene rings is 2. The molecule has 0 aliphatic carbocycles. The monoisotopic (exact) mass is 442 g/mol. The molecule has 0 bridgehead atoms. The first-order chi connectivity index (χ1) is 14.7. The van der Waals surface area contributed by atoms with Gasteiger partial charge in [0.2, 0.25) is 11.8 Å². The minimum Gasteiger partial charge on any atom is -0.411 e. The van der Waals surface area contributed by atoms with Gasteiger partial charge in [-0.25, -0.2) is 0 Å². The second-order valence-electron chi connectivity index (χ2n) is 7.27. The molecule has 1 aliphatic rings. The highest BCUT2D eigenvalue weighted by Gasteiger charge is 2.21. The van der Waals surface area contributed by atoms with Crippen molar-refractivity contribution in [1.29, 1.82) is 0 Å². The highest BCUT2D eigenvalue weighted by Crippen LogP contribution is 2.24. The van der Waals surface area contributed by atoms with Gasteiger partial charge in [-0.05, 0) is 42.7 Å². The molecule has 0 spiro atoms. The van der Waals surface area contributed by atoms with E-state index in [1.165, 1.54) is 17.3 Å². The highest BCUT2D eigenvalue weighted by molar-refractivity contribution is 7.99. The zero-order valence-electron chi connectivity index (χ0n) is 16.5. The quantitative estimate of drug-likeness (QED) is 0.551. The Bertz CT molecular complexity index is 957. The van der Waals surface area contributed by atoms with E-state index in [9.17, 15) is 4.79 Å². The van der Waals surface area contributed by atoms with Gasteiger partial charge in [-0.2, -0.15) is 0 Å². The normalized spacial score (nSPS) is 15.2. The Morgan fingerprint density at radius 2 is 1.83 bits per heavy atom. The van der Waals surface area contributed by atoms with Crippen LogP contribution in [0.1, 0.15) is 18.4 Å². The number of aromatic nitrogens is 2. The molecule has 1 fully saturated rings. The molecule has 1 aliphatic heterocycles. The van der Waals surface area contributed by atoms with Crippen LogP contribution in [0.5, 0.6) is 0 Å². The first-order valence-corrected chi connectivity index (χ1v) is 11.3. The van der Waals surface area contributed by atoms with Crippen LogP contribution < -0.4 is 5.32 Å². The maximum absolute atomic E-state index is 12.3. The van der Waals surface area contributed by atoms with Crippen LogP contribution in [0.15, 0.2) is 64.2 Å². The van der Waals surface area contributed by atoms with E-state index in [1.807, 2.05) is 18.2 Å². The number of amides is 1. The number of hydrogen-bond donors (Lipinski definition) is 1. The highest BCUT2D eigenvalue weighted by atomic mass is 35.5. The van der Waals surface area contributed by atoms with Crippen molar-refractivity contribution in [2.75, 3.05) is 18.8 Å². The summed E-state index contributed by atoms with van der Waals surface area (Å²) in [6.45, 7) is 2.94. The van der Waals surface area contributed by atoms with Crippen molar-refractivity contribution < 1.29 is 9.21 Å². The lowest BCUT2D eigenvalue weighted by Gasteiger charge is -2.32. The lowest BCUT2D eigenvalue weighted by atomic mass is 10.0. The van der Waals surface area contributed by atoms with E-state index in [4.69, 9.17) is 16.0 Å². The summed E-state index contributed by atoms with van der Waals surface area (Å²) in [4.78, 5) is 14.8. The van der Waals surface area contributed by atoms with Crippen LogP contribution >= 0.6 is 23.4 Å². The molecular formula is C22H23ClN4O2S. The van der Waals surface area contributed by atoms with E-state index in [0.29, 0.717) is 16.1 Å². The van der Waals surface area contributed by atoms with Crippen molar-refractivity contribution in [3.63, 3.8) is 0 Å². The van der Waals surface area contributed by atoms with Crippen molar-refractivity contribution in [2.45, 2.75) is 30.7 Å². The van der Waals surface area contributed by atoms with Crippen LogP contribution in [-0.2, 0) is 11.3 Å². The zero-order valence-corrected chi connectivity index (χ0v) is 18.0. The van der Waals surface area contributed by atoms with Crippen LogP contribution in [-0.4, -0.2) is 45.9 Å². The van der Waals surface area contributed by atoms with Crippen molar-refractivity contribution in [3.05, 3.63) is 65.2 Å². The summed E-state index contributed by atoms with van der Waals surface area (Å²) >= 11 is 7.14. The number of nitrogens with one attached hydrogen (secondary N) is 1. The predicted octanol–water partition coefficient (Wildman–Crippen LogP) is 4.26. The third-order valence-corrected chi connectivity index (χ3v) is 6.10. The second-order valence-corrected chi connectivity index (χ2v) is 8.64. The number of nitrogens with zero attached hydrogens (tertiary/aromatic N) is 3. The molecule has 2 heterocycles. The third-order valence-electron chi connectivity index (χ3n) is 5.03. The average molecular weight is 443 g/mol. The third kappa shape index (κ3) is 5.84. The maximum atomic E-state index is 12.3. The number of hydrogen-bond acceptors (Lipinski definition) is 6. The molecule has 1 aromatic heterocycles. The van der Waals surface area contributed by atoms with Gasteiger partial charge in [0, 0.05) is 36.3 Å². The number of halogens is 1. The Balaban J connectivity index is 1.19. The molecule has 8 heteroatoms. The molecule has 2 aromatic carbocycles. The molecule has 30 heavy (non-hydrogen) atoms. The molecule has 1 amide bonds. The standard InChI is InChI=1S/C22H23ClN4O2S/c23-18-8-6-17(7-9-18)21-25-26-22(29-21)30-15-20(28)24-19-10-12-27(13-11-19)14-16-4-2-1-3-5-16/h1-9,19H,10-15H2,(H,24,28). The van der Waals surface area contributed by atoms with Gasteiger partial charge in [-0.3, -0.25) is 9.69 Å². The van der Waals surface area contributed by atoms with Crippen LogP contribution in [0.2, 0.25) is 5.02 Å². The largest absolute Gasteiger partial charge is 0.411 e. The summed E-state index contributed by atoms with van der Waals surface area (Å²) in [5, 5.41) is 12.2. The molecule has 156 valence electrons. The van der Waals surface area contributed by atoms with Gasteiger partial charge in [0.1, 0.15) is 0 Å². The van der Waals surface area contributed by atoms with Crippen molar-refractivity contribution in [3.8, 4) is 11.5 Å². The summed E-state index contributed by atoms with van der Waals surface area (Å²) in [5.41, 5.74) is 2.12. The molecule has 6 nitrogen and oxygen atoms in total. The van der Waals surface area contributed by atoms with Gasteiger partial charge >= 0.3 is 0 Å². The fraction of sp³-hybridized carbons (Fsp3) is 0.318. The second kappa shape index (κ2) is 10.1. The lowest BCUT2D eigenvalue weighted by molar-refractivity contribution is -0.119. The smallest absolute Gasteiger partial charge is 0.277 e. The average Bonchev–Trinajstić information content (AvgIpc) is 3.24. The van der Waals surface area contributed by atoms with E-state index in [2.05, 4.69) is 44.7 Å². The number of piperidine rings is 1. The minimum absolute atomic E-state index is 0.00671. The molecule has 1 saturated heterocycles. The van der Waals surface area contributed by atoms with Gasteiger partial charge in [0.05, 0.1) is 5.75 Å². The first-order valence-electron chi connectivity index (χ1n) is 9.93. The predicted molar refractivity (Wildman–Crippen MR) is 118 cm³/mol. The van der Waals surface area contributed by atoms with Gasteiger partial charge in [-0.1, -0.05) is 53.7 Å². The first kappa shape index (κ1) is 20.9. The van der Waals surface area contributed by atoms with E-state index >= 15 is 0 Å². The van der Waals surface area contributed by atoms with Crippen molar-refractivity contribution in [2.24, 2.45) is 0 Å². The maximum Gasteiger partial charge on any atom is 0.277 e. The molecular weight excluding hydrogens is 420 g/mol. The Hall–Kier alpha value is -2.35. The van der Waals surface area contributed by atoms with Crippen LogP contribution in [0, 0.1) is 0 Å². The van der Waals surface area contributed by atoms with Gasteiger partial charge in [0.25, 0.3) is 5.22 Å². The molecule has 0 unspecified atom stereocenters. The molecule has 4 rings (SSSR count). The Morgan fingerprint density at radius 3 is 2.57 bits per heavy atom. The molecule has 3 aromatic rings. The number of thioether (sulfide) groups is 1. The van der Waals surface area contributed by atoms with Crippen LogP contribution in [0.3, 0.4) is 0 Å². The van der Waals surface area contributed by atoms with Crippen molar-refractivity contribution in [1.82, 2.24) is 20.4 Å². The number of carbonyl (C=O) groups is 1. The minimum atomic E-state index is -0.00671. The Morgan fingerprint density at radius 1 is 1.10 bits per heavy atom. The topological polar surface area (TPSA) is 71.3 Å². The fourth-order valence-electron chi connectivity index (χ4n) is 3.45. The molecule has 1 N–H and O–H groups in total. The van der Waals surface area contributed by atoms with E-state index in [0.717, 1.165) is 38.0 Å². The summed E-state index contributed by atoms with van der Waals surface area (Å²) < 4.78 is 5.63. The number of rotatable bonds is 7. The summed E-state index contributed by atoms with van der Waals surface area (Å²) in [6.07, 6.45) is 1.93. The molecule has 0 saturated carbocycles. The Labute approximate surface area is 185 Å². The van der Waals surface area contributed by atoms with Crippen LogP contribution in [0.4, 0.5) is 0 Å². The summed E-state index contributed by atoms with van der Waals surface area (Å²) in [5.74, 6) is 0.667. The lowest BCUT2D eigenvalue weighted by Crippen LogP contribution is -2.44. The van der Waals surface area contributed by atoms with Gasteiger partial charge in [0.15, 0.2) is 0 Å². The molecule has 0 radical (unpaired) electrons. The zero-order chi connectivity index (χ0) is 20.8. The number of carbonyl (C=O) groups excluding carboxylic acids is 1. The number of likely N-dealkylation sites (tertiary alicyclic amines) is 1. The summed E-state index contributed by atoms with van der Waals surface area (Å²) in [6, 6.07) is 17.9. The van der Waals surface area contributed by atoms with Gasteiger partial charge in [-0.15, -0.1) is 10.2 Å². The van der Waals surface area contributed by atoms with E-state index in [-0.39, 0.29) is 17.7 Å². The SMILES string of the molecule is O=C(CSc1nnc(-c2ccc(Cl)cc2)o1)NC1CCN(Cc2ccccc2)CC1. The van der Waals surface area contributed by atoms with E-state index < -0.39 is 0 Å². The fourth-order valence-corrected chi connectivity index (χ4v) is 4.15. The summed E-state index contributed by atoms with van der Waals surface area (Å²) in [7, 11) is 0. The Kier molecular flexibility index (Phi) is 7.04. The van der Waals surface area contributed by atoms with Crippen molar-refractivity contribution >= 4 is 29.3 Å².